The number of ether oxygens (including phenoxy) is 1. The van der Waals surface area contributed by atoms with Crippen molar-refractivity contribution >= 4 is 17.2 Å². The van der Waals surface area contributed by atoms with Crippen molar-refractivity contribution in [3.8, 4) is 0 Å². The lowest BCUT2D eigenvalue weighted by Gasteiger charge is -2.38. The van der Waals surface area contributed by atoms with Gasteiger partial charge in [0.15, 0.2) is 0 Å². The van der Waals surface area contributed by atoms with Gasteiger partial charge in [-0.1, -0.05) is 6.07 Å². The van der Waals surface area contributed by atoms with E-state index in [1.807, 2.05) is 23.4 Å². The number of methoxy groups -OCH3 is 1. The number of thiophene rings is 1. The van der Waals surface area contributed by atoms with E-state index in [1.165, 1.54) is 4.88 Å². The molecule has 19 heavy (non-hydrogen) atoms. The highest BCUT2D eigenvalue weighted by atomic mass is 32.1. The molecule has 0 atom stereocenters. The molecular weight excluding hydrogens is 260 g/mol. The van der Waals surface area contributed by atoms with Gasteiger partial charge in [-0.2, -0.15) is 0 Å². The fourth-order valence-electron chi connectivity index (χ4n) is 2.71. The second kappa shape index (κ2) is 6.50. The summed E-state index contributed by atoms with van der Waals surface area (Å²) in [5.74, 6) is 0.212. The quantitative estimate of drug-likeness (QED) is 0.894. The molecular formula is C14H22N2O2S. The summed E-state index contributed by atoms with van der Waals surface area (Å²) in [7, 11) is 3.57. The molecule has 1 aromatic heterocycles. The summed E-state index contributed by atoms with van der Waals surface area (Å²) in [5.41, 5.74) is -0.341. The molecule has 0 aliphatic carbocycles. The van der Waals surface area contributed by atoms with Crippen LogP contribution in [0.15, 0.2) is 17.5 Å². The Labute approximate surface area is 118 Å². The molecule has 1 fully saturated rings. The number of carbonyl (C=O) groups excluding carboxylic acids is 1. The van der Waals surface area contributed by atoms with Crippen molar-refractivity contribution in [3.63, 3.8) is 0 Å². The predicted octanol–water partition coefficient (Wildman–Crippen LogP) is 1.72. The summed E-state index contributed by atoms with van der Waals surface area (Å²) in [6.45, 7) is 2.99. The van der Waals surface area contributed by atoms with Crippen molar-refractivity contribution in [1.29, 1.82) is 0 Å². The molecule has 0 unspecified atom stereocenters. The van der Waals surface area contributed by atoms with Crippen LogP contribution >= 0.6 is 11.3 Å². The first-order chi connectivity index (χ1) is 9.18. The third-order valence-corrected chi connectivity index (χ3v) is 4.62. The van der Waals surface area contributed by atoms with E-state index in [0.29, 0.717) is 13.2 Å². The summed E-state index contributed by atoms with van der Waals surface area (Å²) in [6, 6.07) is 4.09. The first-order valence-corrected chi connectivity index (χ1v) is 7.53. The minimum Gasteiger partial charge on any atom is -0.384 e. The predicted molar refractivity (Wildman–Crippen MR) is 77.2 cm³/mol. The van der Waals surface area contributed by atoms with Crippen LogP contribution in [0, 0.1) is 5.41 Å². The van der Waals surface area contributed by atoms with Gasteiger partial charge < -0.3 is 15.0 Å². The van der Waals surface area contributed by atoms with Crippen LogP contribution in [-0.4, -0.2) is 44.7 Å². The maximum absolute atomic E-state index is 12.8. The molecule has 0 saturated carbocycles. The van der Waals surface area contributed by atoms with Crippen LogP contribution in [0.25, 0.3) is 0 Å². The Kier molecular flexibility index (Phi) is 4.96. The largest absolute Gasteiger partial charge is 0.384 e. The Morgan fingerprint density at radius 3 is 2.84 bits per heavy atom. The number of piperidine rings is 1. The zero-order valence-electron chi connectivity index (χ0n) is 11.6. The Morgan fingerprint density at radius 1 is 1.53 bits per heavy atom. The number of nitrogens with one attached hydrogen (secondary N) is 1. The standard InChI is InChI=1S/C14H22N2O2S/c1-16(10-12-4-3-9-19-12)13(17)14(11-18-2)5-7-15-8-6-14/h3-4,9,15H,5-8,10-11H2,1-2H3. The van der Waals surface area contributed by atoms with Gasteiger partial charge >= 0.3 is 0 Å². The van der Waals surface area contributed by atoms with Gasteiger partial charge in [-0.05, 0) is 37.4 Å². The van der Waals surface area contributed by atoms with Crippen LogP contribution in [0.5, 0.6) is 0 Å². The van der Waals surface area contributed by atoms with Gasteiger partial charge in [-0.3, -0.25) is 4.79 Å². The number of carbonyl (C=O) groups is 1. The lowest BCUT2D eigenvalue weighted by atomic mass is 9.78. The van der Waals surface area contributed by atoms with Crippen LogP contribution in [0.1, 0.15) is 17.7 Å². The minimum absolute atomic E-state index is 0.212. The summed E-state index contributed by atoms with van der Waals surface area (Å²) in [5, 5.41) is 5.36. The summed E-state index contributed by atoms with van der Waals surface area (Å²) in [4.78, 5) is 15.8. The highest BCUT2D eigenvalue weighted by molar-refractivity contribution is 7.09. The smallest absolute Gasteiger partial charge is 0.231 e. The fraction of sp³-hybridized carbons (Fsp3) is 0.643. The molecule has 5 heteroatoms. The summed E-state index contributed by atoms with van der Waals surface area (Å²) >= 11 is 1.69. The molecule has 4 nitrogen and oxygen atoms in total. The molecule has 1 saturated heterocycles. The van der Waals surface area contributed by atoms with E-state index in [2.05, 4.69) is 11.4 Å². The highest BCUT2D eigenvalue weighted by Gasteiger charge is 2.41. The monoisotopic (exact) mass is 282 g/mol. The number of hydrogen-bond acceptors (Lipinski definition) is 4. The first kappa shape index (κ1) is 14.5. The zero-order valence-corrected chi connectivity index (χ0v) is 12.5. The molecule has 0 aromatic carbocycles. The number of amides is 1. The number of rotatable bonds is 5. The van der Waals surface area contributed by atoms with E-state index in [0.717, 1.165) is 25.9 Å². The minimum atomic E-state index is -0.341. The van der Waals surface area contributed by atoms with Gasteiger partial charge in [0, 0.05) is 19.0 Å². The van der Waals surface area contributed by atoms with Crippen molar-refractivity contribution in [2.24, 2.45) is 5.41 Å². The maximum Gasteiger partial charge on any atom is 0.231 e. The van der Waals surface area contributed by atoms with Gasteiger partial charge in [0.1, 0.15) is 0 Å². The number of nitrogens with zero attached hydrogens (tertiary/aromatic N) is 1. The molecule has 1 N–H and O–H groups in total. The van der Waals surface area contributed by atoms with Crippen molar-refractivity contribution < 1.29 is 9.53 Å². The van der Waals surface area contributed by atoms with Crippen molar-refractivity contribution in [3.05, 3.63) is 22.4 Å². The summed E-state index contributed by atoms with van der Waals surface area (Å²) in [6.07, 6.45) is 1.71. The van der Waals surface area contributed by atoms with Crippen LogP contribution in [0.3, 0.4) is 0 Å². The van der Waals surface area contributed by atoms with Crippen molar-refractivity contribution in [1.82, 2.24) is 10.2 Å². The normalized spacial score (nSPS) is 18.2. The highest BCUT2D eigenvalue weighted by Crippen LogP contribution is 2.32. The molecule has 0 spiro atoms. The molecule has 0 bridgehead atoms. The summed E-state index contributed by atoms with van der Waals surface area (Å²) < 4.78 is 5.32. The molecule has 1 aliphatic rings. The fourth-order valence-corrected chi connectivity index (χ4v) is 3.47. The molecule has 2 heterocycles. The Bertz CT molecular complexity index is 394. The number of hydrogen-bond donors (Lipinski definition) is 1. The van der Waals surface area contributed by atoms with Crippen molar-refractivity contribution in [2.75, 3.05) is 33.9 Å². The molecule has 106 valence electrons. The van der Waals surface area contributed by atoms with Gasteiger partial charge in [-0.25, -0.2) is 0 Å². The third kappa shape index (κ3) is 3.35. The molecule has 1 amide bonds. The zero-order chi connectivity index (χ0) is 13.7. The van der Waals surface area contributed by atoms with E-state index in [4.69, 9.17) is 4.74 Å². The molecule has 2 rings (SSSR count). The van der Waals surface area contributed by atoms with Gasteiger partial charge in [0.2, 0.25) is 5.91 Å². The van der Waals surface area contributed by atoms with Crippen LogP contribution in [0.4, 0.5) is 0 Å². The second-order valence-corrected chi connectivity index (χ2v) is 6.24. The SMILES string of the molecule is COCC1(C(=O)N(C)Cc2cccs2)CCNCC1. The van der Waals surface area contributed by atoms with Crippen LogP contribution in [0.2, 0.25) is 0 Å². The average Bonchev–Trinajstić information content (AvgIpc) is 2.92. The van der Waals surface area contributed by atoms with E-state index in [-0.39, 0.29) is 11.3 Å². The Hall–Kier alpha value is -0.910. The van der Waals surface area contributed by atoms with Crippen LogP contribution in [-0.2, 0) is 16.1 Å². The van der Waals surface area contributed by atoms with E-state index in [9.17, 15) is 4.79 Å². The lowest BCUT2D eigenvalue weighted by Crippen LogP contribution is -2.50. The second-order valence-electron chi connectivity index (χ2n) is 5.20. The first-order valence-electron chi connectivity index (χ1n) is 6.65. The lowest BCUT2D eigenvalue weighted by molar-refractivity contribution is -0.146. The Morgan fingerprint density at radius 2 is 2.26 bits per heavy atom. The molecule has 1 aliphatic heterocycles. The van der Waals surface area contributed by atoms with Crippen LogP contribution < -0.4 is 5.32 Å². The maximum atomic E-state index is 12.8. The third-order valence-electron chi connectivity index (χ3n) is 3.75. The molecule has 0 radical (unpaired) electrons. The topological polar surface area (TPSA) is 41.6 Å². The van der Waals surface area contributed by atoms with E-state index < -0.39 is 0 Å². The molecule has 1 aromatic rings. The van der Waals surface area contributed by atoms with Gasteiger partial charge in [0.05, 0.1) is 18.6 Å². The van der Waals surface area contributed by atoms with E-state index in [1.54, 1.807) is 18.4 Å². The van der Waals surface area contributed by atoms with Gasteiger partial charge in [-0.15, -0.1) is 11.3 Å². The van der Waals surface area contributed by atoms with E-state index >= 15 is 0 Å². The van der Waals surface area contributed by atoms with Crippen molar-refractivity contribution in [2.45, 2.75) is 19.4 Å². The Balaban J connectivity index is 2.05. The van der Waals surface area contributed by atoms with Gasteiger partial charge in [0.25, 0.3) is 0 Å². The average molecular weight is 282 g/mol.